The normalized spacial score (nSPS) is 14.5. The lowest BCUT2D eigenvalue weighted by Crippen LogP contribution is -2.28. The molecule has 0 spiro atoms. The van der Waals surface area contributed by atoms with Crippen molar-refractivity contribution in [2.75, 3.05) is 10.6 Å². The number of fused-ring (bicyclic) bond motifs is 1. The van der Waals surface area contributed by atoms with Crippen LogP contribution < -0.4 is 20.1 Å². The molecule has 11 heteroatoms. The van der Waals surface area contributed by atoms with E-state index in [9.17, 15) is 18.4 Å². The number of benzene rings is 1. The van der Waals surface area contributed by atoms with Gasteiger partial charge in [-0.05, 0) is 32.9 Å². The standard InChI is InChI=1S/C17H18F2N4O5/c1-16(2,3)28-15(25)22-13-10(8-20-23(13)4)14(24)21-9-5-6-11-12(7-9)27-17(18,19)26-11/h5-8H,1-4H3,(H,21,24)(H,22,25). The number of hydrogen-bond donors (Lipinski definition) is 2. The van der Waals surface area contributed by atoms with Gasteiger partial charge in [0.25, 0.3) is 5.91 Å². The van der Waals surface area contributed by atoms with Crippen LogP contribution in [0.15, 0.2) is 24.4 Å². The summed E-state index contributed by atoms with van der Waals surface area (Å²) in [6.45, 7) is 5.10. The smallest absolute Gasteiger partial charge is 0.444 e. The van der Waals surface area contributed by atoms with Gasteiger partial charge < -0.3 is 19.5 Å². The van der Waals surface area contributed by atoms with E-state index in [4.69, 9.17) is 4.74 Å². The summed E-state index contributed by atoms with van der Waals surface area (Å²) in [5.41, 5.74) is -0.479. The Morgan fingerprint density at radius 1 is 1.18 bits per heavy atom. The maximum Gasteiger partial charge on any atom is 0.586 e. The van der Waals surface area contributed by atoms with Gasteiger partial charge in [-0.1, -0.05) is 0 Å². The number of hydrogen-bond acceptors (Lipinski definition) is 6. The van der Waals surface area contributed by atoms with Gasteiger partial charge in [-0.2, -0.15) is 5.10 Å². The van der Waals surface area contributed by atoms with Gasteiger partial charge in [-0.25, -0.2) is 4.79 Å². The third kappa shape index (κ3) is 4.30. The van der Waals surface area contributed by atoms with Gasteiger partial charge in [0, 0.05) is 18.8 Å². The summed E-state index contributed by atoms with van der Waals surface area (Å²) in [4.78, 5) is 24.6. The molecule has 0 saturated heterocycles. The number of carbonyl (C=O) groups is 2. The second kappa shape index (κ2) is 6.66. The number of nitrogens with zero attached hydrogens (tertiary/aromatic N) is 2. The topological polar surface area (TPSA) is 104 Å². The first-order valence-corrected chi connectivity index (χ1v) is 8.17. The average Bonchev–Trinajstić information content (AvgIpc) is 3.03. The van der Waals surface area contributed by atoms with E-state index in [2.05, 4.69) is 25.2 Å². The predicted octanol–water partition coefficient (Wildman–Crippen LogP) is 3.34. The van der Waals surface area contributed by atoms with Gasteiger partial charge in [0.1, 0.15) is 17.0 Å². The molecule has 2 aromatic rings. The molecule has 0 saturated carbocycles. The van der Waals surface area contributed by atoms with Gasteiger partial charge in [0.05, 0.1) is 6.20 Å². The van der Waals surface area contributed by atoms with Crippen molar-refractivity contribution in [3.8, 4) is 11.5 Å². The minimum absolute atomic E-state index is 0.0522. The summed E-state index contributed by atoms with van der Waals surface area (Å²) in [6, 6.07) is 3.82. The van der Waals surface area contributed by atoms with E-state index in [1.54, 1.807) is 20.8 Å². The third-order valence-electron chi connectivity index (χ3n) is 3.46. The lowest BCUT2D eigenvalue weighted by molar-refractivity contribution is -0.286. The minimum atomic E-state index is -3.75. The molecule has 1 aromatic carbocycles. The van der Waals surface area contributed by atoms with Crippen molar-refractivity contribution in [3.05, 3.63) is 30.0 Å². The van der Waals surface area contributed by atoms with E-state index in [1.807, 2.05) is 0 Å². The van der Waals surface area contributed by atoms with Crippen LogP contribution in [0.3, 0.4) is 0 Å². The molecule has 28 heavy (non-hydrogen) atoms. The molecule has 1 aromatic heterocycles. The zero-order valence-electron chi connectivity index (χ0n) is 15.5. The van der Waals surface area contributed by atoms with Crippen LogP contribution in [-0.2, 0) is 11.8 Å². The first-order chi connectivity index (χ1) is 12.9. The van der Waals surface area contributed by atoms with Gasteiger partial charge in [0.2, 0.25) is 0 Å². The zero-order chi connectivity index (χ0) is 20.7. The maximum absolute atomic E-state index is 13.1. The van der Waals surface area contributed by atoms with Crippen molar-refractivity contribution < 1.29 is 32.6 Å². The van der Waals surface area contributed by atoms with Crippen LogP contribution in [0.4, 0.5) is 25.1 Å². The Morgan fingerprint density at radius 3 is 2.54 bits per heavy atom. The van der Waals surface area contributed by atoms with E-state index in [0.717, 1.165) is 0 Å². The van der Waals surface area contributed by atoms with Gasteiger partial charge in [-0.3, -0.25) is 14.8 Å². The number of aryl methyl sites for hydroxylation is 1. The molecular formula is C17H18F2N4O5. The van der Waals surface area contributed by atoms with E-state index >= 15 is 0 Å². The molecule has 3 rings (SSSR count). The SMILES string of the molecule is Cn1ncc(C(=O)Nc2ccc3c(c2)OC(F)(F)O3)c1NC(=O)OC(C)(C)C. The summed E-state index contributed by atoms with van der Waals surface area (Å²) >= 11 is 0. The fraction of sp³-hybridized carbons (Fsp3) is 0.353. The van der Waals surface area contributed by atoms with Crippen LogP contribution >= 0.6 is 0 Å². The van der Waals surface area contributed by atoms with Crippen molar-refractivity contribution in [1.82, 2.24) is 9.78 Å². The van der Waals surface area contributed by atoms with E-state index < -0.39 is 23.9 Å². The van der Waals surface area contributed by atoms with Gasteiger partial charge in [-0.15, -0.1) is 8.78 Å². The highest BCUT2D eigenvalue weighted by molar-refractivity contribution is 6.09. The molecule has 0 aliphatic carbocycles. The lowest BCUT2D eigenvalue weighted by Gasteiger charge is -2.20. The number of anilines is 2. The number of rotatable bonds is 3. The van der Waals surface area contributed by atoms with E-state index in [1.165, 1.54) is 36.1 Å². The number of alkyl halides is 2. The van der Waals surface area contributed by atoms with Crippen LogP contribution in [0.5, 0.6) is 11.5 Å². The van der Waals surface area contributed by atoms with Crippen molar-refractivity contribution in [2.45, 2.75) is 32.7 Å². The number of ether oxygens (including phenoxy) is 3. The number of amides is 2. The Balaban J connectivity index is 1.75. The Labute approximate surface area is 158 Å². The highest BCUT2D eigenvalue weighted by atomic mass is 19.3. The van der Waals surface area contributed by atoms with Crippen LogP contribution in [0.1, 0.15) is 31.1 Å². The molecular weight excluding hydrogens is 378 g/mol. The quantitative estimate of drug-likeness (QED) is 0.825. The van der Waals surface area contributed by atoms with Crippen molar-refractivity contribution in [1.29, 1.82) is 0 Å². The Hall–Kier alpha value is -3.37. The Kier molecular flexibility index (Phi) is 4.61. The summed E-state index contributed by atoms with van der Waals surface area (Å²) in [5.74, 6) is -0.860. The lowest BCUT2D eigenvalue weighted by atomic mass is 10.2. The maximum atomic E-state index is 13.1. The Morgan fingerprint density at radius 2 is 1.86 bits per heavy atom. The average molecular weight is 396 g/mol. The second-order valence-corrected chi connectivity index (χ2v) is 6.94. The zero-order valence-corrected chi connectivity index (χ0v) is 15.5. The van der Waals surface area contributed by atoms with E-state index in [0.29, 0.717) is 0 Å². The monoisotopic (exact) mass is 396 g/mol. The summed E-state index contributed by atoms with van der Waals surface area (Å²) in [6.07, 6.45) is -3.25. The molecule has 1 aliphatic rings. The summed E-state index contributed by atoms with van der Waals surface area (Å²) in [5, 5.41) is 8.94. The number of aromatic nitrogens is 2. The van der Waals surface area contributed by atoms with Crippen molar-refractivity contribution in [3.63, 3.8) is 0 Å². The summed E-state index contributed by atoms with van der Waals surface area (Å²) < 4.78 is 41.3. The molecule has 9 nitrogen and oxygen atoms in total. The molecule has 0 radical (unpaired) electrons. The van der Waals surface area contributed by atoms with Crippen molar-refractivity contribution >= 4 is 23.5 Å². The first kappa shape index (κ1) is 19.4. The highest BCUT2D eigenvalue weighted by Crippen LogP contribution is 2.42. The van der Waals surface area contributed by atoms with Crippen LogP contribution in [0.25, 0.3) is 0 Å². The van der Waals surface area contributed by atoms with Gasteiger partial charge >= 0.3 is 12.4 Å². The molecule has 1 aliphatic heterocycles. The third-order valence-corrected chi connectivity index (χ3v) is 3.46. The first-order valence-electron chi connectivity index (χ1n) is 8.17. The van der Waals surface area contributed by atoms with E-state index in [-0.39, 0.29) is 28.6 Å². The minimum Gasteiger partial charge on any atom is -0.444 e. The van der Waals surface area contributed by atoms with Crippen LogP contribution in [-0.4, -0.2) is 33.7 Å². The van der Waals surface area contributed by atoms with Gasteiger partial charge in [0.15, 0.2) is 11.5 Å². The number of carbonyl (C=O) groups excluding carboxylic acids is 2. The molecule has 0 bridgehead atoms. The number of halogens is 2. The highest BCUT2D eigenvalue weighted by Gasteiger charge is 2.43. The molecule has 2 N–H and O–H groups in total. The predicted molar refractivity (Wildman–Crippen MR) is 93.7 cm³/mol. The van der Waals surface area contributed by atoms with Crippen LogP contribution in [0, 0.1) is 0 Å². The largest absolute Gasteiger partial charge is 0.586 e. The molecule has 0 fully saturated rings. The van der Waals surface area contributed by atoms with Crippen molar-refractivity contribution in [2.24, 2.45) is 7.05 Å². The molecule has 0 unspecified atom stereocenters. The fourth-order valence-electron chi connectivity index (χ4n) is 2.38. The molecule has 0 atom stereocenters. The fourth-order valence-corrected chi connectivity index (χ4v) is 2.38. The number of nitrogens with one attached hydrogen (secondary N) is 2. The molecule has 2 heterocycles. The summed E-state index contributed by atoms with van der Waals surface area (Å²) in [7, 11) is 1.53. The Bertz CT molecular complexity index is 936. The second-order valence-electron chi connectivity index (χ2n) is 6.94. The molecule has 150 valence electrons. The van der Waals surface area contributed by atoms with Crippen LogP contribution in [0.2, 0.25) is 0 Å². The molecule has 2 amide bonds.